The van der Waals surface area contributed by atoms with Crippen LogP contribution >= 0.6 is 11.3 Å². The number of aryl methyl sites for hydroxylation is 1. The van der Waals surface area contributed by atoms with Crippen LogP contribution in [-0.4, -0.2) is 16.6 Å². The fourth-order valence-corrected chi connectivity index (χ4v) is 7.01. The molecule has 4 fully saturated rings. The molecule has 2 N–H and O–H groups in total. The predicted molar refractivity (Wildman–Crippen MR) is 109 cm³/mol. The number of rotatable bonds is 4. The maximum atomic E-state index is 12.7. The van der Waals surface area contributed by atoms with Gasteiger partial charge < -0.3 is 10.6 Å². The predicted octanol–water partition coefficient (Wildman–Crippen LogP) is 4.89. The minimum atomic E-state index is -0.00832. The highest BCUT2D eigenvalue weighted by Gasteiger charge is 2.51. The minimum absolute atomic E-state index is 0.00832. The molecule has 4 aliphatic carbocycles. The van der Waals surface area contributed by atoms with Crippen LogP contribution in [0.1, 0.15) is 49.1 Å². The molecule has 1 aromatic carbocycles. The van der Waals surface area contributed by atoms with Crippen molar-refractivity contribution in [2.75, 3.05) is 0 Å². The first-order valence-electron chi connectivity index (χ1n) is 10.2. The first-order chi connectivity index (χ1) is 13.1. The number of hydrogen-bond donors (Lipinski definition) is 2. The molecule has 1 aromatic heterocycles. The fraction of sp³-hybridized carbons (Fsp3) is 0.545. The summed E-state index contributed by atoms with van der Waals surface area (Å²) in [5, 5.41) is 7.51. The molecule has 0 unspecified atom stereocenters. The Morgan fingerprint density at radius 2 is 1.74 bits per heavy atom. The van der Waals surface area contributed by atoms with E-state index >= 15 is 0 Å². The Kier molecular flexibility index (Phi) is 4.23. The van der Waals surface area contributed by atoms with Crippen LogP contribution in [0.25, 0.3) is 10.6 Å². The molecule has 4 saturated carbocycles. The Labute approximate surface area is 164 Å². The highest BCUT2D eigenvalue weighted by atomic mass is 32.1. The lowest BCUT2D eigenvalue weighted by atomic mass is 9.53. The van der Waals surface area contributed by atoms with Gasteiger partial charge in [-0.3, -0.25) is 0 Å². The van der Waals surface area contributed by atoms with Gasteiger partial charge >= 0.3 is 6.03 Å². The Morgan fingerprint density at radius 3 is 2.37 bits per heavy atom. The van der Waals surface area contributed by atoms with Gasteiger partial charge in [0.15, 0.2) is 0 Å². The molecule has 5 heteroatoms. The van der Waals surface area contributed by atoms with Gasteiger partial charge in [-0.15, -0.1) is 11.3 Å². The molecule has 4 aliphatic rings. The van der Waals surface area contributed by atoms with E-state index in [-0.39, 0.29) is 11.6 Å². The molecule has 0 atom stereocenters. The highest BCUT2D eigenvalue weighted by Crippen LogP contribution is 2.55. The Balaban J connectivity index is 1.22. The van der Waals surface area contributed by atoms with E-state index in [4.69, 9.17) is 0 Å². The molecule has 2 aromatic rings. The van der Waals surface area contributed by atoms with Gasteiger partial charge in [-0.2, -0.15) is 0 Å². The van der Waals surface area contributed by atoms with Crippen molar-refractivity contribution < 1.29 is 4.79 Å². The number of nitrogens with one attached hydrogen (secondary N) is 2. The molecule has 0 spiro atoms. The average Bonchev–Trinajstić information content (AvgIpc) is 3.00. The molecule has 4 nitrogen and oxygen atoms in total. The SMILES string of the molecule is Cc1nc(-c2ccccc2)sc1CNC(=O)NC12CC3CC(CC(C3)C1)C2. The second-order valence-corrected chi connectivity index (χ2v) is 9.98. The third-order valence-corrected chi connectivity index (χ3v) is 7.95. The van der Waals surface area contributed by atoms with E-state index in [1.165, 1.54) is 38.5 Å². The Morgan fingerprint density at radius 1 is 1.11 bits per heavy atom. The van der Waals surface area contributed by atoms with E-state index in [1.807, 2.05) is 25.1 Å². The van der Waals surface area contributed by atoms with Crippen LogP contribution < -0.4 is 10.6 Å². The zero-order valence-corrected chi connectivity index (χ0v) is 16.6. The van der Waals surface area contributed by atoms with Gasteiger partial charge in [-0.05, 0) is 63.2 Å². The zero-order valence-electron chi connectivity index (χ0n) is 15.8. The average molecular weight is 382 g/mol. The lowest BCUT2D eigenvalue weighted by molar-refractivity contribution is -0.0135. The third kappa shape index (κ3) is 3.38. The second kappa shape index (κ2) is 6.62. The first-order valence-corrected chi connectivity index (χ1v) is 11.0. The van der Waals surface area contributed by atoms with Gasteiger partial charge in [0.25, 0.3) is 0 Å². The van der Waals surface area contributed by atoms with Crippen LogP contribution in [0.5, 0.6) is 0 Å². The standard InChI is InChI=1S/C22H27N3OS/c1-14-19(27-20(24-14)18-5-3-2-4-6-18)13-23-21(26)25-22-10-15-7-16(11-22)9-17(8-15)12-22/h2-6,15-17H,7-13H2,1H3,(H2,23,25,26). The van der Waals surface area contributed by atoms with Crippen LogP contribution in [0.4, 0.5) is 4.79 Å². The molecule has 6 rings (SSSR count). The molecular weight excluding hydrogens is 354 g/mol. The van der Waals surface area contributed by atoms with Crippen LogP contribution in [0, 0.1) is 24.7 Å². The van der Waals surface area contributed by atoms with Crippen molar-refractivity contribution in [3.63, 3.8) is 0 Å². The lowest BCUT2D eigenvalue weighted by Gasteiger charge is -2.56. The summed E-state index contributed by atoms with van der Waals surface area (Å²) in [6.07, 6.45) is 7.74. The summed E-state index contributed by atoms with van der Waals surface area (Å²) in [6, 6.07) is 10.2. The number of nitrogens with zero attached hydrogens (tertiary/aromatic N) is 1. The van der Waals surface area contributed by atoms with Crippen molar-refractivity contribution in [2.24, 2.45) is 17.8 Å². The highest BCUT2D eigenvalue weighted by molar-refractivity contribution is 7.15. The van der Waals surface area contributed by atoms with Crippen molar-refractivity contribution in [3.8, 4) is 10.6 Å². The molecule has 142 valence electrons. The maximum Gasteiger partial charge on any atom is 0.315 e. The number of benzene rings is 1. The van der Waals surface area contributed by atoms with E-state index in [1.54, 1.807) is 11.3 Å². The van der Waals surface area contributed by atoms with Crippen LogP contribution in [0.15, 0.2) is 30.3 Å². The van der Waals surface area contributed by atoms with Crippen molar-refractivity contribution in [3.05, 3.63) is 40.9 Å². The largest absolute Gasteiger partial charge is 0.333 e. The number of carbonyl (C=O) groups is 1. The van der Waals surface area contributed by atoms with E-state index < -0.39 is 0 Å². The monoisotopic (exact) mass is 381 g/mol. The van der Waals surface area contributed by atoms with Gasteiger partial charge in [-0.1, -0.05) is 30.3 Å². The van der Waals surface area contributed by atoms with Gasteiger partial charge in [0.2, 0.25) is 0 Å². The first kappa shape index (κ1) is 17.2. The number of aromatic nitrogens is 1. The van der Waals surface area contributed by atoms with Crippen LogP contribution in [0.2, 0.25) is 0 Å². The molecule has 4 bridgehead atoms. The molecule has 2 amide bonds. The van der Waals surface area contributed by atoms with E-state index in [2.05, 4.69) is 27.8 Å². The lowest BCUT2D eigenvalue weighted by Crippen LogP contribution is -2.61. The molecule has 0 saturated heterocycles. The Bertz CT molecular complexity index is 809. The zero-order chi connectivity index (χ0) is 18.4. The fourth-order valence-electron chi connectivity index (χ4n) is 6.01. The summed E-state index contributed by atoms with van der Waals surface area (Å²) in [5.41, 5.74) is 2.21. The van der Waals surface area contributed by atoms with Gasteiger partial charge in [0, 0.05) is 16.0 Å². The van der Waals surface area contributed by atoms with E-state index in [0.29, 0.717) is 6.54 Å². The summed E-state index contributed by atoms with van der Waals surface area (Å²) >= 11 is 1.67. The molecular formula is C22H27N3OS. The topological polar surface area (TPSA) is 54.0 Å². The van der Waals surface area contributed by atoms with E-state index in [9.17, 15) is 4.79 Å². The maximum absolute atomic E-state index is 12.7. The summed E-state index contributed by atoms with van der Waals surface area (Å²) in [7, 11) is 0. The number of amides is 2. The Hall–Kier alpha value is -1.88. The van der Waals surface area contributed by atoms with Crippen LogP contribution in [-0.2, 0) is 6.54 Å². The van der Waals surface area contributed by atoms with E-state index in [0.717, 1.165) is 38.9 Å². The summed E-state index contributed by atoms with van der Waals surface area (Å²) in [6.45, 7) is 2.57. The number of thiazole rings is 1. The van der Waals surface area contributed by atoms with Crippen LogP contribution in [0.3, 0.4) is 0 Å². The summed E-state index contributed by atoms with van der Waals surface area (Å²) in [4.78, 5) is 18.5. The van der Waals surface area contributed by atoms with Crippen molar-refractivity contribution in [1.29, 1.82) is 0 Å². The molecule has 0 radical (unpaired) electrons. The summed E-state index contributed by atoms with van der Waals surface area (Å²) < 4.78 is 0. The second-order valence-electron chi connectivity index (χ2n) is 8.90. The quantitative estimate of drug-likeness (QED) is 0.792. The normalized spacial score (nSPS) is 31.1. The van der Waals surface area contributed by atoms with Crippen molar-refractivity contribution >= 4 is 17.4 Å². The molecule has 1 heterocycles. The third-order valence-electron chi connectivity index (χ3n) is 6.74. The smallest absolute Gasteiger partial charge is 0.315 e. The number of urea groups is 1. The number of hydrogen-bond acceptors (Lipinski definition) is 3. The van der Waals surface area contributed by atoms with Crippen molar-refractivity contribution in [1.82, 2.24) is 15.6 Å². The number of carbonyl (C=O) groups excluding carboxylic acids is 1. The molecule has 0 aliphatic heterocycles. The van der Waals surface area contributed by atoms with Gasteiger partial charge in [0.05, 0.1) is 12.2 Å². The summed E-state index contributed by atoms with van der Waals surface area (Å²) in [5.74, 6) is 2.52. The molecule has 27 heavy (non-hydrogen) atoms. The van der Waals surface area contributed by atoms with Crippen molar-refractivity contribution in [2.45, 2.75) is 57.5 Å². The van der Waals surface area contributed by atoms with Gasteiger partial charge in [-0.25, -0.2) is 9.78 Å². The van der Waals surface area contributed by atoms with Gasteiger partial charge in [0.1, 0.15) is 5.01 Å². The minimum Gasteiger partial charge on any atom is -0.333 e.